The fourth-order valence-corrected chi connectivity index (χ4v) is 4.38. The second kappa shape index (κ2) is 9.98. The van der Waals surface area contributed by atoms with Crippen LogP contribution in [0.3, 0.4) is 0 Å². The molecule has 9 heteroatoms. The van der Waals surface area contributed by atoms with Crippen LogP contribution in [0.4, 0.5) is 4.79 Å². The minimum Gasteiger partial charge on any atom is -0.490 e. The first-order valence-corrected chi connectivity index (χ1v) is 10.9. The van der Waals surface area contributed by atoms with Crippen molar-refractivity contribution in [2.45, 2.75) is 13.5 Å². The summed E-state index contributed by atoms with van der Waals surface area (Å²) < 4.78 is 11.6. The molecule has 0 radical (unpaired) electrons. The molecule has 0 spiro atoms. The number of benzene rings is 2. The number of thioether (sulfide) groups is 1. The smallest absolute Gasteiger partial charge is 0.341 e. The molecule has 1 aliphatic rings. The average molecular weight is 539 g/mol. The lowest BCUT2D eigenvalue weighted by Gasteiger charge is -2.14. The summed E-state index contributed by atoms with van der Waals surface area (Å²) in [6.07, 6.45) is 1.63. The van der Waals surface area contributed by atoms with Crippen molar-refractivity contribution in [1.82, 2.24) is 4.90 Å². The Kier molecular flexibility index (Phi) is 7.38. The van der Waals surface area contributed by atoms with Crippen molar-refractivity contribution >= 4 is 57.5 Å². The van der Waals surface area contributed by atoms with Crippen LogP contribution >= 0.6 is 34.4 Å². The predicted octanol–water partition coefficient (Wildman–Crippen LogP) is 4.39. The lowest BCUT2D eigenvalue weighted by atomic mass is 10.1. The first-order chi connectivity index (χ1) is 14.4. The number of carbonyl (C=O) groups is 3. The van der Waals surface area contributed by atoms with E-state index in [1.165, 1.54) is 4.90 Å². The van der Waals surface area contributed by atoms with Crippen molar-refractivity contribution in [3.63, 3.8) is 0 Å². The maximum atomic E-state index is 12.8. The van der Waals surface area contributed by atoms with Crippen LogP contribution in [0.2, 0.25) is 0 Å². The number of imide groups is 1. The molecule has 0 saturated carbocycles. The van der Waals surface area contributed by atoms with Gasteiger partial charge in [-0.05, 0) is 70.6 Å². The number of rotatable bonds is 8. The molecule has 0 aliphatic carbocycles. The highest BCUT2D eigenvalue weighted by atomic mass is 127. The molecule has 2 aromatic carbocycles. The van der Waals surface area contributed by atoms with Crippen molar-refractivity contribution in [3.8, 4) is 11.5 Å². The third-order valence-corrected chi connectivity index (χ3v) is 5.74. The Morgan fingerprint density at radius 2 is 1.93 bits per heavy atom. The van der Waals surface area contributed by atoms with Crippen LogP contribution in [-0.4, -0.2) is 40.3 Å². The van der Waals surface area contributed by atoms with E-state index in [2.05, 4.69) is 0 Å². The molecule has 0 bridgehead atoms. The highest BCUT2D eigenvalue weighted by molar-refractivity contribution is 14.1. The second-order valence-corrected chi connectivity index (χ2v) is 8.35. The third-order valence-electron chi connectivity index (χ3n) is 4.03. The van der Waals surface area contributed by atoms with Crippen molar-refractivity contribution in [2.75, 3.05) is 13.2 Å². The minimum absolute atomic E-state index is 0.215. The van der Waals surface area contributed by atoms with E-state index in [1.54, 1.807) is 25.1 Å². The normalized spacial score (nSPS) is 15.0. The van der Waals surface area contributed by atoms with Gasteiger partial charge in [0.25, 0.3) is 11.1 Å². The van der Waals surface area contributed by atoms with E-state index in [-0.39, 0.29) is 17.7 Å². The number of carboxylic acid groups (broad SMARTS) is 1. The third kappa shape index (κ3) is 5.33. The van der Waals surface area contributed by atoms with Crippen molar-refractivity contribution in [3.05, 3.63) is 62.1 Å². The van der Waals surface area contributed by atoms with E-state index in [1.807, 2.05) is 52.9 Å². The number of hydrogen-bond acceptors (Lipinski definition) is 6. The minimum atomic E-state index is -1.09. The fraction of sp³-hybridized carbons (Fsp3) is 0.190. The topological polar surface area (TPSA) is 93.1 Å². The van der Waals surface area contributed by atoms with Gasteiger partial charge in [0.1, 0.15) is 0 Å². The number of amides is 2. The Morgan fingerprint density at radius 3 is 2.60 bits per heavy atom. The van der Waals surface area contributed by atoms with Gasteiger partial charge in [-0.15, -0.1) is 0 Å². The molecule has 1 heterocycles. The van der Waals surface area contributed by atoms with Crippen molar-refractivity contribution in [2.24, 2.45) is 0 Å². The molecule has 30 heavy (non-hydrogen) atoms. The first kappa shape index (κ1) is 22.2. The molecule has 156 valence electrons. The number of carbonyl (C=O) groups excluding carboxylic acids is 2. The summed E-state index contributed by atoms with van der Waals surface area (Å²) in [6.45, 7) is 1.88. The van der Waals surface area contributed by atoms with Gasteiger partial charge in [0.2, 0.25) is 0 Å². The summed E-state index contributed by atoms with van der Waals surface area (Å²) in [5.74, 6) is -0.743. The Labute approximate surface area is 191 Å². The number of carboxylic acids is 1. The van der Waals surface area contributed by atoms with Gasteiger partial charge in [-0.1, -0.05) is 30.3 Å². The van der Waals surface area contributed by atoms with Crippen LogP contribution in [0.1, 0.15) is 18.1 Å². The van der Waals surface area contributed by atoms with Gasteiger partial charge in [-0.25, -0.2) is 4.79 Å². The lowest BCUT2D eigenvalue weighted by molar-refractivity contribution is -0.139. The van der Waals surface area contributed by atoms with E-state index in [0.29, 0.717) is 32.1 Å². The number of hydrogen-bond donors (Lipinski definition) is 1. The van der Waals surface area contributed by atoms with Gasteiger partial charge in [-0.3, -0.25) is 14.5 Å². The molecule has 1 aliphatic heterocycles. The van der Waals surface area contributed by atoms with E-state index >= 15 is 0 Å². The first-order valence-electron chi connectivity index (χ1n) is 8.99. The van der Waals surface area contributed by atoms with E-state index in [9.17, 15) is 14.4 Å². The Bertz CT molecular complexity index is 1010. The Hall–Kier alpha value is -2.53. The van der Waals surface area contributed by atoms with Crippen LogP contribution in [0, 0.1) is 3.57 Å². The van der Waals surface area contributed by atoms with Gasteiger partial charge >= 0.3 is 5.97 Å². The summed E-state index contributed by atoms with van der Waals surface area (Å²) in [5.41, 5.74) is 1.52. The quantitative estimate of drug-likeness (QED) is 0.393. The Morgan fingerprint density at radius 1 is 1.20 bits per heavy atom. The summed E-state index contributed by atoms with van der Waals surface area (Å²) in [5, 5.41) is 8.54. The zero-order chi connectivity index (χ0) is 21.7. The van der Waals surface area contributed by atoms with Crippen molar-refractivity contribution < 1.29 is 29.0 Å². The van der Waals surface area contributed by atoms with Gasteiger partial charge in [0.15, 0.2) is 18.1 Å². The number of halogens is 1. The predicted molar refractivity (Wildman–Crippen MR) is 121 cm³/mol. The number of nitrogens with zero attached hydrogens (tertiary/aromatic N) is 1. The Balaban J connectivity index is 1.86. The lowest BCUT2D eigenvalue weighted by Crippen LogP contribution is -2.27. The van der Waals surface area contributed by atoms with Crippen LogP contribution in [-0.2, 0) is 16.1 Å². The van der Waals surface area contributed by atoms with Gasteiger partial charge in [-0.2, -0.15) is 0 Å². The van der Waals surface area contributed by atoms with Gasteiger partial charge in [0.05, 0.1) is 21.6 Å². The van der Waals surface area contributed by atoms with Crippen LogP contribution < -0.4 is 9.47 Å². The summed E-state index contributed by atoms with van der Waals surface area (Å²) in [6, 6.07) is 12.7. The molecule has 0 atom stereocenters. The molecular formula is C21H18INO6S. The van der Waals surface area contributed by atoms with Crippen LogP contribution in [0.5, 0.6) is 11.5 Å². The van der Waals surface area contributed by atoms with Gasteiger partial charge in [0, 0.05) is 0 Å². The molecule has 0 unspecified atom stereocenters. The molecule has 1 saturated heterocycles. The molecule has 3 rings (SSSR count). The average Bonchev–Trinajstić information content (AvgIpc) is 2.95. The second-order valence-electron chi connectivity index (χ2n) is 6.20. The zero-order valence-corrected chi connectivity index (χ0v) is 18.9. The van der Waals surface area contributed by atoms with E-state index in [4.69, 9.17) is 14.6 Å². The maximum Gasteiger partial charge on any atom is 0.341 e. The number of ether oxygens (including phenoxy) is 2. The molecule has 2 aromatic rings. The highest BCUT2D eigenvalue weighted by Gasteiger charge is 2.35. The standard InChI is InChI=1S/C21H18INO6S/c1-2-28-16-9-14(8-15(22)19(16)29-12-18(24)25)10-17-20(26)23(21(27)30-17)11-13-6-4-3-5-7-13/h3-10H,2,11-12H2,1H3,(H,24,25)/b17-10-. The molecule has 7 nitrogen and oxygen atoms in total. The zero-order valence-electron chi connectivity index (χ0n) is 16.0. The molecule has 2 amide bonds. The van der Waals surface area contributed by atoms with E-state index < -0.39 is 12.6 Å². The molecule has 0 aromatic heterocycles. The summed E-state index contributed by atoms with van der Waals surface area (Å²) in [7, 11) is 0. The summed E-state index contributed by atoms with van der Waals surface area (Å²) in [4.78, 5) is 37.5. The van der Waals surface area contributed by atoms with E-state index in [0.717, 1.165) is 17.3 Å². The van der Waals surface area contributed by atoms with Gasteiger partial charge < -0.3 is 14.6 Å². The van der Waals surface area contributed by atoms with Crippen molar-refractivity contribution in [1.29, 1.82) is 0 Å². The molecule has 1 fully saturated rings. The largest absolute Gasteiger partial charge is 0.490 e. The highest BCUT2D eigenvalue weighted by Crippen LogP contribution is 2.37. The SMILES string of the molecule is CCOc1cc(/C=C2\SC(=O)N(Cc3ccccc3)C2=O)cc(I)c1OCC(=O)O. The summed E-state index contributed by atoms with van der Waals surface area (Å²) >= 11 is 2.90. The monoisotopic (exact) mass is 539 g/mol. The molecular weight excluding hydrogens is 521 g/mol. The molecule has 1 N–H and O–H groups in total. The fourth-order valence-electron chi connectivity index (χ4n) is 2.76. The number of aliphatic carboxylic acids is 1. The maximum absolute atomic E-state index is 12.8. The van der Waals surface area contributed by atoms with Crippen LogP contribution in [0.25, 0.3) is 6.08 Å². The van der Waals surface area contributed by atoms with Crippen LogP contribution in [0.15, 0.2) is 47.4 Å².